The minimum atomic E-state index is 0.00921. The molecule has 0 aromatic carbocycles. The molecule has 60 valence electrons. The van der Waals surface area contributed by atoms with Crippen molar-refractivity contribution in [3.63, 3.8) is 0 Å². The van der Waals surface area contributed by atoms with Crippen LogP contribution in [-0.4, -0.2) is 18.2 Å². The van der Waals surface area contributed by atoms with Crippen LogP contribution in [0.2, 0.25) is 0 Å². The Labute approximate surface area is 61.9 Å². The highest BCUT2D eigenvalue weighted by Gasteiger charge is 2.27. The van der Waals surface area contributed by atoms with Crippen molar-refractivity contribution < 1.29 is 4.74 Å². The minimum Gasteiger partial charge on any atom is -0.375 e. The molecule has 0 aromatic rings. The lowest BCUT2D eigenvalue weighted by Crippen LogP contribution is -2.46. The monoisotopic (exact) mass is 144 g/mol. The summed E-state index contributed by atoms with van der Waals surface area (Å²) in [6, 6.07) is 0.434. The highest BCUT2D eigenvalue weighted by molar-refractivity contribution is 4.81. The van der Waals surface area contributed by atoms with Gasteiger partial charge in [0.05, 0.1) is 5.60 Å². The quantitative estimate of drug-likeness (QED) is 0.414. The van der Waals surface area contributed by atoms with E-state index in [1.54, 1.807) is 0 Å². The second-order valence-electron chi connectivity index (χ2n) is 3.46. The summed E-state index contributed by atoms with van der Waals surface area (Å²) in [7, 11) is 0. The van der Waals surface area contributed by atoms with Gasteiger partial charge in [0.2, 0.25) is 0 Å². The van der Waals surface area contributed by atoms with Gasteiger partial charge in [-0.15, -0.1) is 0 Å². The zero-order valence-electron chi connectivity index (χ0n) is 6.68. The summed E-state index contributed by atoms with van der Waals surface area (Å²) in [5.41, 5.74) is 2.79. The van der Waals surface area contributed by atoms with Gasteiger partial charge in [-0.3, -0.25) is 11.3 Å². The Morgan fingerprint density at radius 1 is 1.60 bits per heavy atom. The van der Waals surface area contributed by atoms with Crippen LogP contribution in [0.5, 0.6) is 0 Å². The lowest BCUT2D eigenvalue weighted by molar-refractivity contribution is -0.0628. The number of nitrogens with two attached hydrogens (primary N) is 1. The summed E-state index contributed by atoms with van der Waals surface area (Å²) in [4.78, 5) is 0. The third kappa shape index (κ3) is 1.94. The van der Waals surface area contributed by atoms with Crippen LogP contribution in [0.25, 0.3) is 0 Å². The average molecular weight is 144 g/mol. The number of rotatable bonds is 1. The zero-order valence-corrected chi connectivity index (χ0v) is 6.68. The van der Waals surface area contributed by atoms with Crippen molar-refractivity contribution in [3.05, 3.63) is 0 Å². The lowest BCUT2D eigenvalue weighted by Gasteiger charge is -2.34. The topological polar surface area (TPSA) is 47.3 Å². The Balaban J connectivity index is 2.40. The molecule has 0 bridgehead atoms. The van der Waals surface area contributed by atoms with Gasteiger partial charge in [-0.2, -0.15) is 0 Å². The molecule has 1 unspecified atom stereocenters. The third-order valence-corrected chi connectivity index (χ3v) is 1.93. The van der Waals surface area contributed by atoms with E-state index in [-0.39, 0.29) is 5.60 Å². The van der Waals surface area contributed by atoms with Crippen molar-refractivity contribution >= 4 is 0 Å². The van der Waals surface area contributed by atoms with E-state index in [4.69, 9.17) is 10.6 Å². The second kappa shape index (κ2) is 2.86. The number of nitrogens with one attached hydrogen (secondary N) is 1. The summed E-state index contributed by atoms with van der Waals surface area (Å²) in [6.07, 6.45) is 2.03. The van der Waals surface area contributed by atoms with Crippen LogP contribution in [0.4, 0.5) is 0 Å². The molecule has 0 spiro atoms. The SMILES string of the molecule is CC1(C)CC(NN)CCO1. The Hall–Kier alpha value is -0.120. The fourth-order valence-electron chi connectivity index (χ4n) is 1.37. The van der Waals surface area contributed by atoms with Crippen molar-refractivity contribution in [1.82, 2.24) is 5.43 Å². The summed E-state index contributed by atoms with van der Waals surface area (Å²) in [5.74, 6) is 5.32. The van der Waals surface area contributed by atoms with Crippen molar-refractivity contribution in [3.8, 4) is 0 Å². The molecular weight excluding hydrogens is 128 g/mol. The van der Waals surface area contributed by atoms with E-state index in [1.807, 2.05) is 0 Å². The lowest BCUT2D eigenvalue weighted by atomic mass is 9.94. The van der Waals surface area contributed by atoms with E-state index in [0.29, 0.717) is 6.04 Å². The van der Waals surface area contributed by atoms with Crippen LogP contribution in [0.15, 0.2) is 0 Å². The molecule has 1 atom stereocenters. The summed E-state index contributed by atoms with van der Waals surface area (Å²) < 4.78 is 5.50. The molecule has 1 aliphatic rings. The van der Waals surface area contributed by atoms with E-state index >= 15 is 0 Å². The summed E-state index contributed by atoms with van der Waals surface area (Å²) in [6.45, 7) is 5.01. The van der Waals surface area contributed by atoms with Gasteiger partial charge in [0.15, 0.2) is 0 Å². The van der Waals surface area contributed by atoms with Crippen molar-refractivity contribution in [2.45, 2.75) is 38.3 Å². The first kappa shape index (κ1) is 7.98. The van der Waals surface area contributed by atoms with Crippen LogP contribution in [0, 0.1) is 0 Å². The minimum absolute atomic E-state index is 0.00921. The van der Waals surface area contributed by atoms with Crippen LogP contribution >= 0.6 is 0 Å². The molecular formula is C7H16N2O. The second-order valence-corrected chi connectivity index (χ2v) is 3.46. The predicted molar refractivity (Wildman–Crippen MR) is 40.4 cm³/mol. The van der Waals surface area contributed by atoms with Gasteiger partial charge < -0.3 is 4.74 Å². The third-order valence-electron chi connectivity index (χ3n) is 1.93. The smallest absolute Gasteiger partial charge is 0.0641 e. The van der Waals surface area contributed by atoms with E-state index in [0.717, 1.165) is 19.4 Å². The standard InChI is InChI=1S/C7H16N2O/c1-7(2)5-6(9-8)3-4-10-7/h6,9H,3-5,8H2,1-2H3. The highest BCUT2D eigenvalue weighted by Crippen LogP contribution is 2.23. The fraction of sp³-hybridized carbons (Fsp3) is 1.00. The van der Waals surface area contributed by atoms with Gasteiger partial charge in [0.1, 0.15) is 0 Å². The number of hydrazine groups is 1. The maximum atomic E-state index is 5.50. The molecule has 0 amide bonds. The molecule has 1 fully saturated rings. The largest absolute Gasteiger partial charge is 0.375 e. The average Bonchev–Trinajstić information content (AvgIpc) is 1.86. The molecule has 1 aliphatic heterocycles. The molecule has 3 N–H and O–H groups in total. The van der Waals surface area contributed by atoms with E-state index in [1.165, 1.54) is 0 Å². The molecule has 1 rings (SSSR count). The van der Waals surface area contributed by atoms with E-state index < -0.39 is 0 Å². The van der Waals surface area contributed by atoms with Gasteiger partial charge in [0, 0.05) is 12.6 Å². The van der Waals surface area contributed by atoms with Crippen molar-refractivity contribution in [2.75, 3.05) is 6.61 Å². The Kier molecular flexibility index (Phi) is 2.28. The molecule has 3 nitrogen and oxygen atoms in total. The van der Waals surface area contributed by atoms with E-state index in [2.05, 4.69) is 19.3 Å². The number of ether oxygens (including phenoxy) is 1. The Bertz CT molecular complexity index is 114. The number of hydrogen-bond acceptors (Lipinski definition) is 3. The number of hydrogen-bond donors (Lipinski definition) is 2. The van der Waals surface area contributed by atoms with Gasteiger partial charge >= 0.3 is 0 Å². The molecule has 1 heterocycles. The molecule has 3 heteroatoms. The molecule has 0 saturated carbocycles. The van der Waals surface area contributed by atoms with Gasteiger partial charge in [0.25, 0.3) is 0 Å². The normalized spacial score (nSPS) is 32.1. The zero-order chi connectivity index (χ0) is 7.61. The molecule has 1 saturated heterocycles. The van der Waals surface area contributed by atoms with Gasteiger partial charge in [-0.05, 0) is 26.7 Å². The molecule has 10 heavy (non-hydrogen) atoms. The molecule has 0 aromatic heterocycles. The van der Waals surface area contributed by atoms with Crippen molar-refractivity contribution in [1.29, 1.82) is 0 Å². The fourth-order valence-corrected chi connectivity index (χ4v) is 1.37. The predicted octanol–water partition coefficient (Wildman–Crippen LogP) is 0.407. The van der Waals surface area contributed by atoms with Crippen molar-refractivity contribution in [2.24, 2.45) is 5.84 Å². The van der Waals surface area contributed by atoms with Crippen LogP contribution in [-0.2, 0) is 4.74 Å². The molecule has 0 radical (unpaired) electrons. The van der Waals surface area contributed by atoms with E-state index in [9.17, 15) is 0 Å². The first-order chi connectivity index (χ1) is 4.64. The Morgan fingerprint density at radius 3 is 2.70 bits per heavy atom. The van der Waals surface area contributed by atoms with Gasteiger partial charge in [-0.1, -0.05) is 0 Å². The van der Waals surface area contributed by atoms with Crippen LogP contribution < -0.4 is 11.3 Å². The molecule has 0 aliphatic carbocycles. The van der Waals surface area contributed by atoms with Crippen LogP contribution in [0.3, 0.4) is 0 Å². The first-order valence-corrected chi connectivity index (χ1v) is 3.74. The van der Waals surface area contributed by atoms with Crippen LogP contribution in [0.1, 0.15) is 26.7 Å². The summed E-state index contributed by atoms with van der Waals surface area (Å²) >= 11 is 0. The first-order valence-electron chi connectivity index (χ1n) is 3.74. The maximum absolute atomic E-state index is 5.50. The summed E-state index contributed by atoms with van der Waals surface area (Å²) in [5, 5.41) is 0. The maximum Gasteiger partial charge on any atom is 0.0641 e. The van der Waals surface area contributed by atoms with Gasteiger partial charge in [-0.25, -0.2) is 0 Å². The Morgan fingerprint density at radius 2 is 2.30 bits per heavy atom. The highest BCUT2D eigenvalue weighted by atomic mass is 16.5.